The Balaban J connectivity index is 2.17. The van der Waals surface area contributed by atoms with E-state index in [0.29, 0.717) is 5.69 Å². The fourth-order valence-corrected chi connectivity index (χ4v) is 2.68. The number of carbonyl (C=O) groups is 3. The zero-order valence-electron chi connectivity index (χ0n) is 16.8. The maximum absolute atomic E-state index is 12.6. The van der Waals surface area contributed by atoms with Gasteiger partial charge in [-0.05, 0) is 58.7 Å². The normalized spacial score (nSPS) is 15.9. The molecule has 0 bridgehead atoms. The van der Waals surface area contributed by atoms with Crippen molar-refractivity contribution in [3.8, 4) is 0 Å². The van der Waals surface area contributed by atoms with Crippen molar-refractivity contribution < 1.29 is 14.4 Å². The van der Waals surface area contributed by atoms with E-state index in [1.807, 2.05) is 52.8 Å². The monoisotopic (exact) mass is 372 g/mol. The van der Waals surface area contributed by atoms with Crippen molar-refractivity contribution in [2.75, 3.05) is 5.01 Å². The maximum Gasteiger partial charge on any atom is 0.268 e. The van der Waals surface area contributed by atoms with Crippen LogP contribution in [0.2, 0.25) is 0 Å². The van der Waals surface area contributed by atoms with Crippen LogP contribution in [-0.2, 0) is 14.4 Å². The molecule has 1 aromatic rings. The van der Waals surface area contributed by atoms with Gasteiger partial charge in [-0.3, -0.25) is 14.4 Å². The van der Waals surface area contributed by atoms with Crippen LogP contribution in [0.5, 0.6) is 0 Å². The maximum atomic E-state index is 12.6. The fraction of sp³-hybridized carbons (Fsp3) is 0.500. The minimum Gasteiger partial charge on any atom is -0.350 e. The average molecular weight is 372 g/mol. The third-order valence-electron chi connectivity index (χ3n) is 4.13. The molecular weight excluding hydrogens is 344 g/mol. The quantitative estimate of drug-likeness (QED) is 0.849. The van der Waals surface area contributed by atoms with Gasteiger partial charge in [-0.15, -0.1) is 0 Å². The summed E-state index contributed by atoms with van der Waals surface area (Å²) in [6.07, 6.45) is 0.446. The van der Waals surface area contributed by atoms with Gasteiger partial charge in [0.1, 0.15) is 11.8 Å². The molecule has 0 spiro atoms. The lowest BCUT2D eigenvalue weighted by molar-refractivity contribution is -0.127. The van der Waals surface area contributed by atoms with Gasteiger partial charge in [-0.1, -0.05) is 12.1 Å². The Hall–Kier alpha value is -2.70. The molecule has 1 unspecified atom stereocenters. The molecule has 3 amide bonds. The van der Waals surface area contributed by atoms with Gasteiger partial charge < -0.3 is 10.6 Å². The fourth-order valence-electron chi connectivity index (χ4n) is 2.68. The Morgan fingerprint density at radius 1 is 1.19 bits per heavy atom. The largest absolute Gasteiger partial charge is 0.350 e. The number of nitrogens with one attached hydrogen (secondary N) is 2. The summed E-state index contributed by atoms with van der Waals surface area (Å²) in [5.41, 5.74) is 2.43. The first-order valence-corrected chi connectivity index (χ1v) is 9.08. The smallest absolute Gasteiger partial charge is 0.268 e. The molecule has 1 aliphatic rings. The molecule has 7 nitrogen and oxygen atoms in total. The molecule has 27 heavy (non-hydrogen) atoms. The standard InChI is InChI=1S/C20H28N4O3/c1-12-7-8-13(2)16(11-12)24-17(25)10-9-15(23-24)19(27)21-14(3)18(26)22-20(4,5)6/h7-8,11,14H,9-10H2,1-6H3,(H,21,27)(H,22,26). The molecule has 146 valence electrons. The highest BCUT2D eigenvalue weighted by Crippen LogP contribution is 2.25. The molecule has 0 aromatic heterocycles. The van der Waals surface area contributed by atoms with Gasteiger partial charge in [0.2, 0.25) is 11.8 Å². The molecule has 0 saturated carbocycles. The zero-order valence-corrected chi connectivity index (χ0v) is 16.8. The van der Waals surface area contributed by atoms with Crippen LogP contribution in [0.1, 0.15) is 51.7 Å². The number of anilines is 1. The minimum atomic E-state index is -0.703. The van der Waals surface area contributed by atoms with Crippen molar-refractivity contribution in [1.29, 1.82) is 0 Å². The Bertz CT molecular complexity index is 793. The number of benzene rings is 1. The van der Waals surface area contributed by atoms with E-state index in [0.717, 1.165) is 11.1 Å². The third-order valence-corrected chi connectivity index (χ3v) is 4.13. The van der Waals surface area contributed by atoms with E-state index < -0.39 is 11.9 Å². The van der Waals surface area contributed by atoms with Gasteiger partial charge in [0.05, 0.1) is 5.69 Å². The van der Waals surface area contributed by atoms with Gasteiger partial charge in [0.25, 0.3) is 5.91 Å². The highest BCUT2D eigenvalue weighted by molar-refractivity contribution is 6.40. The Labute approximate surface area is 160 Å². The number of nitrogens with zero attached hydrogens (tertiary/aromatic N) is 2. The molecule has 0 saturated heterocycles. The Morgan fingerprint density at radius 2 is 1.85 bits per heavy atom. The van der Waals surface area contributed by atoms with E-state index in [4.69, 9.17) is 0 Å². The zero-order chi connectivity index (χ0) is 20.4. The molecule has 0 radical (unpaired) electrons. The number of hydrogen-bond acceptors (Lipinski definition) is 4. The highest BCUT2D eigenvalue weighted by Gasteiger charge is 2.28. The highest BCUT2D eigenvalue weighted by atomic mass is 16.2. The van der Waals surface area contributed by atoms with Crippen molar-refractivity contribution in [2.45, 2.75) is 66.0 Å². The summed E-state index contributed by atoms with van der Waals surface area (Å²) in [5.74, 6) is -0.858. The third kappa shape index (κ3) is 5.39. The molecule has 1 heterocycles. The first-order chi connectivity index (χ1) is 12.5. The predicted octanol–water partition coefficient (Wildman–Crippen LogP) is 2.21. The summed E-state index contributed by atoms with van der Waals surface area (Å²) < 4.78 is 0. The first-order valence-electron chi connectivity index (χ1n) is 9.08. The molecule has 1 aliphatic heterocycles. The van der Waals surface area contributed by atoms with Crippen molar-refractivity contribution in [1.82, 2.24) is 10.6 Å². The number of hydrogen-bond donors (Lipinski definition) is 2. The van der Waals surface area contributed by atoms with Gasteiger partial charge in [-0.25, -0.2) is 5.01 Å². The molecule has 1 atom stereocenters. The van der Waals surface area contributed by atoms with Crippen LogP contribution in [-0.4, -0.2) is 35.0 Å². The lowest BCUT2D eigenvalue weighted by Crippen LogP contribution is -2.52. The molecule has 1 aromatic carbocycles. The second-order valence-corrected chi connectivity index (χ2v) is 7.98. The number of amides is 3. The molecule has 0 aliphatic carbocycles. The average Bonchev–Trinajstić information content (AvgIpc) is 2.56. The summed E-state index contributed by atoms with van der Waals surface area (Å²) >= 11 is 0. The molecular formula is C20H28N4O3. The van der Waals surface area contributed by atoms with Gasteiger partial charge in [-0.2, -0.15) is 5.10 Å². The van der Waals surface area contributed by atoms with E-state index in [1.165, 1.54) is 5.01 Å². The van der Waals surface area contributed by atoms with Crippen molar-refractivity contribution in [2.24, 2.45) is 5.10 Å². The Morgan fingerprint density at radius 3 is 2.48 bits per heavy atom. The van der Waals surface area contributed by atoms with Crippen molar-refractivity contribution in [3.05, 3.63) is 29.3 Å². The second kappa shape index (κ2) is 7.90. The van der Waals surface area contributed by atoms with Crippen LogP contribution in [0, 0.1) is 13.8 Å². The van der Waals surface area contributed by atoms with Crippen LogP contribution in [0.15, 0.2) is 23.3 Å². The lowest BCUT2D eigenvalue weighted by Gasteiger charge is -2.26. The summed E-state index contributed by atoms with van der Waals surface area (Å²) in [7, 11) is 0. The van der Waals surface area contributed by atoms with E-state index in [-0.39, 0.29) is 35.9 Å². The number of aryl methyl sites for hydroxylation is 2. The van der Waals surface area contributed by atoms with Crippen molar-refractivity contribution >= 4 is 29.1 Å². The van der Waals surface area contributed by atoms with Gasteiger partial charge >= 0.3 is 0 Å². The van der Waals surface area contributed by atoms with E-state index in [9.17, 15) is 14.4 Å². The summed E-state index contributed by atoms with van der Waals surface area (Å²) in [6, 6.07) is 5.05. The first kappa shape index (κ1) is 20.6. The van der Waals surface area contributed by atoms with Crippen molar-refractivity contribution in [3.63, 3.8) is 0 Å². The number of hydrazone groups is 1. The second-order valence-electron chi connectivity index (χ2n) is 7.98. The van der Waals surface area contributed by atoms with Gasteiger partial charge in [0, 0.05) is 18.4 Å². The van der Waals surface area contributed by atoms with E-state index in [1.54, 1.807) is 6.92 Å². The lowest BCUT2D eigenvalue weighted by atomic mass is 10.1. The molecule has 7 heteroatoms. The number of carbonyl (C=O) groups excluding carboxylic acids is 3. The SMILES string of the molecule is Cc1ccc(C)c(N2N=C(C(=O)NC(C)C(=O)NC(C)(C)C)CCC2=O)c1. The van der Waals surface area contributed by atoms with Crippen LogP contribution >= 0.6 is 0 Å². The number of rotatable bonds is 4. The molecule has 0 fully saturated rings. The predicted molar refractivity (Wildman–Crippen MR) is 106 cm³/mol. The molecule has 2 rings (SSSR count). The summed E-state index contributed by atoms with van der Waals surface area (Å²) in [6.45, 7) is 11.1. The minimum absolute atomic E-state index is 0.154. The molecule has 2 N–H and O–H groups in total. The van der Waals surface area contributed by atoms with Gasteiger partial charge in [0.15, 0.2) is 0 Å². The topological polar surface area (TPSA) is 90.9 Å². The van der Waals surface area contributed by atoms with Crippen LogP contribution in [0.4, 0.5) is 5.69 Å². The van der Waals surface area contributed by atoms with E-state index >= 15 is 0 Å². The van der Waals surface area contributed by atoms with Crippen LogP contribution in [0.3, 0.4) is 0 Å². The van der Waals surface area contributed by atoms with Crippen LogP contribution < -0.4 is 15.6 Å². The van der Waals surface area contributed by atoms with E-state index in [2.05, 4.69) is 15.7 Å². The summed E-state index contributed by atoms with van der Waals surface area (Å²) in [5, 5.41) is 11.1. The summed E-state index contributed by atoms with van der Waals surface area (Å²) in [4.78, 5) is 37.1. The van der Waals surface area contributed by atoms with Crippen LogP contribution in [0.25, 0.3) is 0 Å². The Kier molecular flexibility index (Phi) is 6.03.